The van der Waals surface area contributed by atoms with Gasteiger partial charge in [0.05, 0.1) is 24.3 Å². The van der Waals surface area contributed by atoms with E-state index >= 15 is 0 Å². The number of nitriles is 1. The van der Waals surface area contributed by atoms with E-state index in [9.17, 15) is 14.0 Å². The largest absolute Gasteiger partial charge is 0.442 e. The molecule has 1 saturated heterocycles. The second-order valence-corrected chi connectivity index (χ2v) is 6.49. The first-order chi connectivity index (χ1) is 13.9. The van der Waals surface area contributed by atoms with Crippen molar-refractivity contribution in [3.05, 3.63) is 65.2 Å². The summed E-state index contributed by atoms with van der Waals surface area (Å²) in [6.45, 7) is 3.56. The Morgan fingerprint density at radius 1 is 1.45 bits per heavy atom. The predicted molar refractivity (Wildman–Crippen MR) is 104 cm³/mol. The van der Waals surface area contributed by atoms with Gasteiger partial charge in [-0.25, -0.2) is 9.18 Å². The molecule has 7 nitrogen and oxygen atoms in total. The van der Waals surface area contributed by atoms with E-state index in [0.717, 1.165) is 0 Å². The molecule has 2 aromatic rings. The van der Waals surface area contributed by atoms with E-state index in [1.54, 1.807) is 37.4 Å². The minimum absolute atomic E-state index is 0.198. The first kappa shape index (κ1) is 20.0. The van der Waals surface area contributed by atoms with E-state index in [2.05, 4.69) is 10.3 Å². The number of cyclic esters (lactones) is 1. The van der Waals surface area contributed by atoms with E-state index in [0.29, 0.717) is 28.0 Å². The van der Waals surface area contributed by atoms with Gasteiger partial charge in [-0.2, -0.15) is 5.26 Å². The van der Waals surface area contributed by atoms with E-state index < -0.39 is 18.0 Å². The number of hydrogen-bond acceptors (Lipinski definition) is 5. The molecule has 2 heterocycles. The molecule has 8 heteroatoms. The molecule has 0 bridgehead atoms. The Bertz CT molecular complexity index is 1030. The summed E-state index contributed by atoms with van der Waals surface area (Å²) in [6, 6.07) is 8.13. The molecule has 0 unspecified atom stereocenters. The van der Waals surface area contributed by atoms with Crippen LogP contribution < -0.4 is 10.2 Å². The third kappa shape index (κ3) is 4.41. The lowest BCUT2D eigenvalue weighted by molar-refractivity contribution is -0.119. The number of benzene rings is 1. The van der Waals surface area contributed by atoms with Crippen molar-refractivity contribution in [3.63, 3.8) is 0 Å². The van der Waals surface area contributed by atoms with Gasteiger partial charge >= 0.3 is 6.09 Å². The molecule has 1 aliphatic heterocycles. The number of nitrogens with zero attached hydrogens (tertiary/aromatic N) is 3. The number of rotatable bonds is 5. The second-order valence-electron chi connectivity index (χ2n) is 6.49. The number of nitrogens with one attached hydrogen (secondary N) is 1. The van der Waals surface area contributed by atoms with Crippen molar-refractivity contribution >= 4 is 23.3 Å². The topological polar surface area (TPSA) is 95.3 Å². The second kappa shape index (κ2) is 8.52. The average Bonchev–Trinajstić information content (AvgIpc) is 3.09. The highest BCUT2D eigenvalue weighted by Crippen LogP contribution is 2.30. The SMILES string of the molecule is C/C=C(\c1cncc(C#N)c1)c1ccc(N2C[C@H](CNC(C)=O)OC2=O)cc1F. The molecule has 1 aliphatic rings. The number of carbonyl (C=O) groups is 2. The fraction of sp³-hybridized carbons (Fsp3) is 0.238. The molecule has 29 heavy (non-hydrogen) atoms. The number of pyridine rings is 1. The molecule has 2 amide bonds. The minimum atomic E-state index is -0.593. The van der Waals surface area contributed by atoms with Crippen molar-refractivity contribution < 1.29 is 18.7 Å². The normalized spacial score (nSPS) is 16.3. The summed E-state index contributed by atoms with van der Waals surface area (Å²) < 4.78 is 20.1. The molecule has 0 aliphatic carbocycles. The molecule has 3 rings (SSSR count). The van der Waals surface area contributed by atoms with Gasteiger partial charge in [0, 0.05) is 30.4 Å². The number of aromatic nitrogens is 1. The zero-order valence-electron chi connectivity index (χ0n) is 16.0. The summed E-state index contributed by atoms with van der Waals surface area (Å²) in [5.41, 5.74) is 2.28. The number of allylic oxidation sites excluding steroid dienone is 1. The van der Waals surface area contributed by atoms with E-state index in [1.807, 2.05) is 6.07 Å². The highest BCUT2D eigenvalue weighted by Gasteiger charge is 2.32. The van der Waals surface area contributed by atoms with Crippen LogP contribution in [-0.2, 0) is 9.53 Å². The fourth-order valence-electron chi connectivity index (χ4n) is 3.11. The zero-order valence-corrected chi connectivity index (χ0v) is 16.0. The molecular weight excluding hydrogens is 375 g/mol. The van der Waals surface area contributed by atoms with Crippen molar-refractivity contribution in [1.82, 2.24) is 10.3 Å². The third-order valence-corrected chi connectivity index (χ3v) is 4.47. The number of carbonyl (C=O) groups excluding carboxylic acids is 2. The smallest absolute Gasteiger partial charge is 0.414 e. The van der Waals surface area contributed by atoms with Crippen LogP contribution in [0.3, 0.4) is 0 Å². The quantitative estimate of drug-likeness (QED) is 0.841. The lowest BCUT2D eigenvalue weighted by atomic mass is 9.97. The van der Waals surface area contributed by atoms with Gasteiger partial charge in [-0.05, 0) is 36.8 Å². The Morgan fingerprint density at radius 2 is 2.24 bits per heavy atom. The zero-order chi connectivity index (χ0) is 21.0. The van der Waals surface area contributed by atoms with Crippen LogP contribution >= 0.6 is 0 Å². The van der Waals surface area contributed by atoms with Crippen molar-refractivity contribution in [2.45, 2.75) is 20.0 Å². The maximum Gasteiger partial charge on any atom is 0.414 e. The number of halogens is 1. The van der Waals surface area contributed by atoms with Gasteiger partial charge in [0.15, 0.2) is 0 Å². The summed E-state index contributed by atoms with van der Waals surface area (Å²) >= 11 is 0. The van der Waals surface area contributed by atoms with Crippen LogP contribution in [0, 0.1) is 17.1 Å². The maximum atomic E-state index is 14.9. The van der Waals surface area contributed by atoms with Crippen LogP contribution in [0.5, 0.6) is 0 Å². The number of ether oxygens (including phenoxy) is 1. The van der Waals surface area contributed by atoms with Crippen molar-refractivity contribution in [2.24, 2.45) is 0 Å². The van der Waals surface area contributed by atoms with Gasteiger partial charge in [0.1, 0.15) is 18.0 Å². The Morgan fingerprint density at radius 3 is 2.90 bits per heavy atom. The maximum absolute atomic E-state index is 14.9. The lowest BCUT2D eigenvalue weighted by Gasteiger charge is -2.15. The molecule has 0 radical (unpaired) electrons. The number of hydrogen-bond donors (Lipinski definition) is 1. The van der Waals surface area contributed by atoms with E-state index in [-0.39, 0.29) is 19.0 Å². The summed E-state index contributed by atoms with van der Waals surface area (Å²) in [5.74, 6) is -0.736. The molecule has 0 saturated carbocycles. The van der Waals surface area contributed by atoms with Crippen molar-refractivity contribution in [3.8, 4) is 6.07 Å². The Balaban J connectivity index is 1.84. The number of anilines is 1. The van der Waals surface area contributed by atoms with Crippen LogP contribution in [0.15, 0.2) is 42.7 Å². The van der Waals surface area contributed by atoms with Crippen LogP contribution in [0.25, 0.3) is 5.57 Å². The first-order valence-electron chi connectivity index (χ1n) is 8.97. The Labute approximate surface area is 167 Å². The molecule has 1 N–H and O–H groups in total. The van der Waals surface area contributed by atoms with Gasteiger partial charge in [0.2, 0.25) is 5.91 Å². The van der Waals surface area contributed by atoms with Crippen LogP contribution in [0.1, 0.15) is 30.5 Å². The van der Waals surface area contributed by atoms with Crippen molar-refractivity contribution in [2.75, 3.05) is 18.0 Å². The minimum Gasteiger partial charge on any atom is -0.442 e. The third-order valence-electron chi connectivity index (χ3n) is 4.47. The highest BCUT2D eigenvalue weighted by molar-refractivity contribution is 5.90. The predicted octanol–water partition coefficient (Wildman–Crippen LogP) is 3.01. The van der Waals surface area contributed by atoms with Crippen LogP contribution in [0.4, 0.5) is 14.9 Å². The van der Waals surface area contributed by atoms with E-state index in [1.165, 1.54) is 24.1 Å². The van der Waals surface area contributed by atoms with Gasteiger partial charge < -0.3 is 10.1 Å². The van der Waals surface area contributed by atoms with Gasteiger partial charge in [-0.3, -0.25) is 14.7 Å². The molecule has 1 atom stereocenters. The summed E-state index contributed by atoms with van der Waals surface area (Å²) in [4.78, 5) is 28.5. The Kier molecular flexibility index (Phi) is 5.88. The molecule has 1 fully saturated rings. The highest BCUT2D eigenvalue weighted by atomic mass is 19.1. The lowest BCUT2D eigenvalue weighted by Crippen LogP contribution is -2.33. The summed E-state index contributed by atoms with van der Waals surface area (Å²) in [6.07, 6.45) is 3.65. The number of amides is 2. The monoisotopic (exact) mass is 394 g/mol. The summed E-state index contributed by atoms with van der Waals surface area (Å²) in [5, 5.41) is 11.7. The molecular formula is C21H19FN4O3. The van der Waals surface area contributed by atoms with Gasteiger partial charge in [0.25, 0.3) is 0 Å². The molecule has 1 aromatic heterocycles. The standard InChI is InChI=1S/C21H19FN4O3/c1-3-18(15-6-14(8-23)9-24-10-15)19-5-4-16(7-20(19)22)26-12-17(29-21(26)28)11-25-13(2)27/h3-7,9-10,17H,11-12H2,1-2H3,(H,25,27)/b18-3+/t17-/m0/s1. The van der Waals surface area contributed by atoms with Gasteiger partial charge in [-0.15, -0.1) is 0 Å². The van der Waals surface area contributed by atoms with Crippen LogP contribution in [-0.4, -0.2) is 36.2 Å². The van der Waals surface area contributed by atoms with Crippen molar-refractivity contribution in [1.29, 1.82) is 5.26 Å². The molecule has 0 spiro atoms. The molecule has 148 valence electrons. The van der Waals surface area contributed by atoms with Crippen LogP contribution in [0.2, 0.25) is 0 Å². The fourth-order valence-corrected chi connectivity index (χ4v) is 3.11. The first-order valence-corrected chi connectivity index (χ1v) is 8.97. The molecule has 1 aromatic carbocycles. The Hall–Kier alpha value is -3.73. The summed E-state index contributed by atoms with van der Waals surface area (Å²) in [7, 11) is 0. The van der Waals surface area contributed by atoms with E-state index in [4.69, 9.17) is 10.00 Å². The average molecular weight is 394 g/mol. The van der Waals surface area contributed by atoms with Gasteiger partial charge in [-0.1, -0.05) is 6.08 Å².